The maximum atomic E-state index is 14.0. The molecule has 1 aromatic carbocycles. The van der Waals surface area contributed by atoms with Gasteiger partial charge in [0.15, 0.2) is 5.01 Å². The molecule has 0 saturated carbocycles. The summed E-state index contributed by atoms with van der Waals surface area (Å²) >= 11 is 1.45. The van der Waals surface area contributed by atoms with E-state index in [4.69, 9.17) is 10.2 Å². The molecule has 1 aliphatic heterocycles. The molecule has 0 spiro atoms. The van der Waals surface area contributed by atoms with E-state index >= 15 is 0 Å². The molecule has 7 nitrogen and oxygen atoms in total. The number of aromatic nitrogens is 4. The van der Waals surface area contributed by atoms with Crippen LogP contribution in [0.5, 0.6) is 0 Å². The van der Waals surface area contributed by atoms with Gasteiger partial charge in [-0.15, -0.1) is 10.2 Å². The first-order chi connectivity index (χ1) is 18.4. The van der Waals surface area contributed by atoms with Crippen molar-refractivity contribution in [1.29, 1.82) is 0 Å². The maximum Gasteiger partial charge on any atom is 0.404 e. The number of piperidine rings is 1. The Morgan fingerprint density at radius 3 is 2.46 bits per heavy atom. The van der Waals surface area contributed by atoms with Gasteiger partial charge in [-0.05, 0) is 68.5 Å². The van der Waals surface area contributed by atoms with Crippen LogP contribution in [0.3, 0.4) is 0 Å². The van der Waals surface area contributed by atoms with Crippen LogP contribution in [0.2, 0.25) is 0 Å². The van der Waals surface area contributed by atoms with Gasteiger partial charge in [-0.25, -0.2) is 0 Å². The molecule has 0 radical (unpaired) electrons. The Labute approximate surface area is 230 Å². The second-order valence-corrected chi connectivity index (χ2v) is 12.7. The molecule has 0 amide bonds. The average Bonchev–Trinajstić information content (AvgIpc) is 3.47. The van der Waals surface area contributed by atoms with Crippen molar-refractivity contribution in [2.45, 2.75) is 71.0 Å². The number of benzene rings is 1. The number of fused-ring (bicyclic) bond motifs is 1. The average molecular weight is 562 g/mol. The van der Waals surface area contributed by atoms with E-state index in [9.17, 15) is 18.0 Å². The van der Waals surface area contributed by atoms with Crippen LogP contribution in [0.25, 0.3) is 21.3 Å². The highest BCUT2D eigenvalue weighted by Gasteiger charge is 2.44. The molecule has 3 heterocycles. The number of carbonyl (C=O) groups is 1. The molecule has 1 fully saturated rings. The fourth-order valence-electron chi connectivity index (χ4n) is 5.87. The molecule has 39 heavy (non-hydrogen) atoms. The third-order valence-electron chi connectivity index (χ3n) is 8.16. The third-order valence-corrected chi connectivity index (χ3v) is 9.14. The number of alkyl halides is 3. The van der Waals surface area contributed by atoms with E-state index in [0.717, 1.165) is 35.5 Å². The number of aliphatic carboxylic acids is 1. The lowest BCUT2D eigenvalue weighted by Crippen LogP contribution is -2.50. The van der Waals surface area contributed by atoms with Gasteiger partial charge in [0.1, 0.15) is 16.7 Å². The summed E-state index contributed by atoms with van der Waals surface area (Å²) in [6.07, 6.45) is -0.562. The number of hydrogen-bond acceptors (Lipinski definition) is 6. The zero-order valence-corrected chi connectivity index (χ0v) is 23.3. The summed E-state index contributed by atoms with van der Waals surface area (Å²) in [6.45, 7) is 5.05. The minimum absolute atomic E-state index is 0.0142. The topological polar surface area (TPSA) is 84.1 Å². The molecule has 1 aliphatic carbocycles. The molecule has 1 saturated heterocycles. The standard InChI is InChI=1S/C28H34F3N5O2S/c1-27(2)11-8-20-21(16-27)35(3)34-24(20)26-33-32-25(39-26)19-6-4-17(5-7-19)14-22(28(29,30)31)36-12-9-18(10-13-36)15-23(37)38/h4-7,18,22H,8-16H2,1-3H3,(H,37,38). The summed E-state index contributed by atoms with van der Waals surface area (Å²) in [4.78, 5) is 12.4. The SMILES string of the molecule is Cn1nc(-c2nnc(-c3ccc(CC(N4CCC(CC(=O)O)CC4)C(F)(F)F)cc3)s2)c2c1CC(C)(C)CC2. The molecule has 3 aromatic rings. The van der Waals surface area contributed by atoms with Crippen LogP contribution in [0.1, 0.15) is 56.4 Å². The normalized spacial score (nSPS) is 19.1. The fourth-order valence-corrected chi connectivity index (χ4v) is 6.73. The summed E-state index contributed by atoms with van der Waals surface area (Å²) in [5, 5.41) is 24.0. The Balaban J connectivity index is 1.28. The summed E-state index contributed by atoms with van der Waals surface area (Å²) in [5.74, 6) is -0.959. The molecule has 0 bridgehead atoms. The summed E-state index contributed by atoms with van der Waals surface area (Å²) in [6, 6.07) is 5.49. The van der Waals surface area contributed by atoms with Crippen LogP contribution < -0.4 is 0 Å². The number of aryl methyl sites for hydroxylation is 1. The first-order valence-corrected chi connectivity index (χ1v) is 14.2. The number of halogens is 3. The number of carboxylic acids is 1. The maximum absolute atomic E-state index is 14.0. The molecule has 11 heteroatoms. The molecule has 1 N–H and O–H groups in total. The van der Waals surface area contributed by atoms with Gasteiger partial charge < -0.3 is 5.11 Å². The smallest absolute Gasteiger partial charge is 0.404 e. The van der Waals surface area contributed by atoms with Gasteiger partial charge in [-0.2, -0.15) is 18.3 Å². The molecule has 5 rings (SSSR count). The Kier molecular flexibility index (Phi) is 7.58. The van der Waals surface area contributed by atoms with Gasteiger partial charge in [-0.3, -0.25) is 14.4 Å². The fraction of sp³-hybridized carbons (Fsp3) is 0.571. The summed E-state index contributed by atoms with van der Waals surface area (Å²) in [5.41, 5.74) is 5.01. The van der Waals surface area contributed by atoms with E-state index < -0.39 is 18.2 Å². The van der Waals surface area contributed by atoms with Crippen molar-refractivity contribution in [3.05, 3.63) is 41.1 Å². The second kappa shape index (κ2) is 10.6. The number of carboxylic acid groups (broad SMARTS) is 1. The van der Waals surface area contributed by atoms with Gasteiger partial charge in [0, 0.05) is 30.3 Å². The highest BCUT2D eigenvalue weighted by molar-refractivity contribution is 7.17. The van der Waals surface area contributed by atoms with Crippen LogP contribution in [0.4, 0.5) is 13.2 Å². The predicted octanol–water partition coefficient (Wildman–Crippen LogP) is 5.78. The van der Waals surface area contributed by atoms with Crippen molar-refractivity contribution in [3.8, 4) is 21.3 Å². The minimum Gasteiger partial charge on any atom is -0.481 e. The summed E-state index contributed by atoms with van der Waals surface area (Å²) in [7, 11) is 1.97. The van der Waals surface area contributed by atoms with Crippen LogP contribution >= 0.6 is 11.3 Å². The van der Waals surface area contributed by atoms with Gasteiger partial charge in [0.25, 0.3) is 0 Å². The van der Waals surface area contributed by atoms with Gasteiger partial charge in [0.2, 0.25) is 0 Å². The van der Waals surface area contributed by atoms with Gasteiger partial charge in [0.05, 0.1) is 0 Å². The molecule has 2 aromatic heterocycles. The Morgan fingerprint density at radius 1 is 1.15 bits per heavy atom. The quantitative estimate of drug-likeness (QED) is 0.394. The number of nitrogens with zero attached hydrogens (tertiary/aromatic N) is 5. The molecule has 210 valence electrons. The van der Waals surface area contributed by atoms with E-state index in [1.165, 1.54) is 27.5 Å². The van der Waals surface area contributed by atoms with Crippen molar-refractivity contribution < 1.29 is 23.1 Å². The van der Waals surface area contributed by atoms with Crippen LogP contribution in [-0.4, -0.2) is 61.3 Å². The highest BCUT2D eigenvalue weighted by Crippen LogP contribution is 2.40. The van der Waals surface area contributed by atoms with Crippen LogP contribution in [0.15, 0.2) is 24.3 Å². The number of hydrogen-bond donors (Lipinski definition) is 1. The van der Waals surface area contributed by atoms with E-state index in [1.807, 2.05) is 23.9 Å². The molecular weight excluding hydrogens is 527 g/mol. The Morgan fingerprint density at radius 2 is 1.82 bits per heavy atom. The zero-order chi connectivity index (χ0) is 27.9. The van der Waals surface area contributed by atoms with Crippen molar-refractivity contribution in [3.63, 3.8) is 0 Å². The minimum atomic E-state index is -4.37. The van der Waals surface area contributed by atoms with E-state index in [0.29, 0.717) is 23.4 Å². The first-order valence-electron chi connectivity index (χ1n) is 13.4. The van der Waals surface area contributed by atoms with Crippen LogP contribution in [0, 0.1) is 11.3 Å². The highest BCUT2D eigenvalue weighted by atomic mass is 32.1. The lowest BCUT2D eigenvalue weighted by atomic mass is 9.76. The molecular formula is C28H34F3N5O2S. The predicted molar refractivity (Wildman–Crippen MR) is 143 cm³/mol. The largest absolute Gasteiger partial charge is 0.481 e. The lowest BCUT2D eigenvalue weighted by Gasteiger charge is -2.38. The molecule has 1 unspecified atom stereocenters. The Hall–Kier alpha value is -2.79. The summed E-state index contributed by atoms with van der Waals surface area (Å²) < 4.78 is 44.0. The van der Waals surface area contributed by atoms with Crippen molar-refractivity contribution in [1.82, 2.24) is 24.9 Å². The van der Waals surface area contributed by atoms with Crippen molar-refractivity contribution >= 4 is 17.3 Å². The lowest BCUT2D eigenvalue weighted by molar-refractivity contribution is -0.187. The number of likely N-dealkylation sites (tertiary alicyclic amines) is 1. The Bertz CT molecular complexity index is 1320. The first kappa shape index (κ1) is 27.8. The number of rotatable bonds is 7. The zero-order valence-electron chi connectivity index (χ0n) is 22.5. The van der Waals surface area contributed by atoms with Crippen molar-refractivity contribution in [2.75, 3.05) is 13.1 Å². The monoisotopic (exact) mass is 561 g/mol. The van der Waals surface area contributed by atoms with Crippen molar-refractivity contribution in [2.24, 2.45) is 18.4 Å². The van der Waals surface area contributed by atoms with E-state index in [1.54, 1.807) is 12.1 Å². The van der Waals surface area contributed by atoms with E-state index in [2.05, 4.69) is 24.0 Å². The molecule has 2 aliphatic rings. The van der Waals surface area contributed by atoms with Gasteiger partial charge in [-0.1, -0.05) is 49.4 Å². The van der Waals surface area contributed by atoms with Gasteiger partial charge >= 0.3 is 12.1 Å². The third kappa shape index (κ3) is 6.19. The molecule has 1 atom stereocenters. The van der Waals surface area contributed by atoms with E-state index in [-0.39, 0.29) is 37.3 Å². The van der Waals surface area contributed by atoms with Crippen LogP contribution in [-0.2, 0) is 31.1 Å². The second-order valence-electron chi connectivity index (χ2n) is 11.7.